The number of hydrogen-bond acceptors (Lipinski definition) is 5. The summed E-state index contributed by atoms with van der Waals surface area (Å²) >= 11 is 0. The zero-order valence-electron chi connectivity index (χ0n) is 21.2. The second-order valence-electron chi connectivity index (χ2n) is 8.42. The van der Waals surface area contributed by atoms with Gasteiger partial charge < -0.3 is 14.5 Å². The minimum Gasteiger partial charge on any atom is -0.375 e. The number of rotatable bonds is 10. The van der Waals surface area contributed by atoms with E-state index in [0.29, 0.717) is 13.1 Å². The first-order chi connectivity index (χ1) is 17.2. The number of amides is 1. The smallest absolute Gasteiger partial charge is 0.210 e. The van der Waals surface area contributed by atoms with Crippen LogP contribution in [0.3, 0.4) is 0 Å². The van der Waals surface area contributed by atoms with E-state index < -0.39 is 0 Å². The first kappa shape index (κ1) is 26.4. The first-order valence-corrected chi connectivity index (χ1v) is 12.5. The molecule has 2 aromatic carbocycles. The van der Waals surface area contributed by atoms with E-state index in [1.807, 2.05) is 62.5 Å². The maximum absolute atomic E-state index is 11.7. The molecule has 1 aromatic heterocycles. The van der Waals surface area contributed by atoms with E-state index in [-0.39, 0.29) is 6.10 Å². The van der Waals surface area contributed by atoms with Crippen molar-refractivity contribution in [2.24, 2.45) is 0 Å². The van der Waals surface area contributed by atoms with E-state index in [9.17, 15) is 4.79 Å². The first-order valence-electron chi connectivity index (χ1n) is 12.5. The number of nitrogens with zero attached hydrogens (tertiary/aromatic N) is 4. The number of carbonyl (C=O) groups excluding carboxylic acids is 1. The van der Waals surface area contributed by atoms with Gasteiger partial charge in [0, 0.05) is 58.3 Å². The van der Waals surface area contributed by atoms with Gasteiger partial charge in [0.05, 0.1) is 18.3 Å². The standard InChI is InChI=1S/C27H32N4O2.C2H6/c1-33-27(24-7-3-2-4-8-24)21-30(22-32)19-23-10-12-26(13-11-23)31-17-15-29(16-18-31)20-25-9-5-6-14-28-25;1-2/h2-14,22,27H,15-21H2,1H3;1-2H3. The van der Waals surface area contributed by atoms with Crippen molar-refractivity contribution in [1.29, 1.82) is 0 Å². The topological polar surface area (TPSA) is 48.9 Å². The van der Waals surface area contributed by atoms with E-state index in [0.717, 1.165) is 56.0 Å². The molecule has 0 N–H and O–H groups in total. The number of methoxy groups -OCH3 is 1. The van der Waals surface area contributed by atoms with Gasteiger partial charge in [0.15, 0.2) is 0 Å². The average molecular weight is 475 g/mol. The Morgan fingerprint density at radius 3 is 2.23 bits per heavy atom. The highest BCUT2D eigenvalue weighted by molar-refractivity contribution is 5.50. The van der Waals surface area contributed by atoms with Gasteiger partial charge in [0.1, 0.15) is 0 Å². The van der Waals surface area contributed by atoms with Crippen LogP contribution >= 0.6 is 0 Å². The van der Waals surface area contributed by atoms with Crippen LogP contribution in [0.5, 0.6) is 0 Å². The van der Waals surface area contributed by atoms with Crippen molar-refractivity contribution in [2.75, 3.05) is 44.7 Å². The number of hydrogen-bond donors (Lipinski definition) is 0. The summed E-state index contributed by atoms with van der Waals surface area (Å²) in [5.74, 6) is 0. The number of carbonyl (C=O) groups is 1. The molecular weight excluding hydrogens is 436 g/mol. The lowest BCUT2D eigenvalue weighted by Crippen LogP contribution is -2.46. The summed E-state index contributed by atoms with van der Waals surface area (Å²) in [6.07, 6.45) is 2.62. The second kappa shape index (κ2) is 14.2. The molecule has 1 amide bonds. The molecule has 4 rings (SSSR count). The Labute approximate surface area is 210 Å². The second-order valence-corrected chi connectivity index (χ2v) is 8.42. The Morgan fingerprint density at radius 2 is 1.63 bits per heavy atom. The molecule has 1 aliphatic heterocycles. The molecule has 6 nitrogen and oxygen atoms in total. The highest BCUT2D eigenvalue weighted by Crippen LogP contribution is 2.21. The fraction of sp³-hybridized carbons (Fsp3) is 0.379. The third-order valence-corrected chi connectivity index (χ3v) is 6.18. The zero-order chi connectivity index (χ0) is 24.9. The predicted octanol–water partition coefficient (Wildman–Crippen LogP) is 4.78. The van der Waals surface area contributed by atoms with Gasteiger partial charge in [-0.15, -0.1) is 0 Å². The van der Waals surface area contributed by atoms with Gasteiger partial charge >= 0.3 is 0 Å². The van der Waals surface area contributed by atoms with Gasteiger partial charge in [-0.25, -0.2) is 0 Å². The number of piperazine rings is 1. The highest BCUT2D eigenvalue weighted by Gasteiger charge is 2.18. The van der Waals surface area contributed by atoms with E-state index in [4.69, 9.17) is 4.74 Å². The van der Waals surface area contributed by atoms with Crippen molar-refractivity contribution in [1.82, 2.24) is 14.8 Å². The SMILES string of the molecule is CC.COC(CN(C=O)Cc1ccc(N2CCN(Cc3ccccn3)CC2)cc1)c1ccccc1. The molecular formula is C29H38N4O2. The van der Waals surface area contributed by atoms with Gasteiger partial charge in [0.25, 0.3) is 0 Å². The fourth-order valence-electron chi connectivity index (χ4n) is 4.27. The van der Waals surface area contributed by atoms with Crippen molar-refractivity contribution in [3.63, 3.8) is 0 Å². The summed E-state index contributed by atoms with van der Waals surface area (Å²) in [6.45, 7) is 10.0. The molecule has 6 heteroatoms. The van der Waals surface area contributed by atoms with Crippen LogP contribution in [0.4, 0.5) is 5.69 Å². The molecule has 186 valence electrons. The number of ether oxygens (including phenoxy) is 1. The van der Waals surface area contributed by atoms with Crippen LogP contribution in [0.25, 0.3) is 0 Å². The average Bonchev–Trinajstić information content (AvgIpc) is 2.94. The molecule has 1 aliphatic rings. The molecule has 0 aliphatic carbocycles. The van der Waals surface area contributed by atoms with Gasteiger partial charge in [-0.05, 0) is 35.4 Å². The third-order valence-electron chi connectivity index (χ3n) is 6.18. The molecule has 3 aromatic rings. The molecule has 35 heavy (non-hydrogen) atoms. The maximum Gasteiger partial charge on any atom is 0.210 e. The van der Waals surface area contributed by atoms with Gasteiger partial charge in [0.2, 0.25) is 6.41 Å². The lowest BCUT2D eigenvalue weighted by molar-refractivity contribution is -0.120. The Balaban J connectivity index is 0.00000167. The Hall–Kier alpha value is -3.22. The van der Waals surface area contributed by atoms with E-state index in [1.54, 1.807) is 12.0 Å². The van der Waals surface area contributed by atoms with Gasteiger partial charge in [-0.1, -0.05) is 62.4 Å². The van der Waals surface area contributed by atoms with E-state index >= 15 is 0 Å². The number of pyridine rings is 1. The Kier molecular flexibility index (Phi) is 10.7. The van der Waals surface area contributed by atoms with Crippen LogP contribution in [0.1, 0.15) is 36.8 Å². The van der Waals surface area contributed by atoms with Crippen molar-refractivity contribution >= 4 is 12.1 Å². The molecule has 1 atom stereocenters. The van der Waals surface area contributed by atoms with Gasteiger partial charge in [-0.2, -0.15) is 0 Å². The molecule has 2 heterocycles. The summed E-state index contributed by atoms with van der Waals surface area (Å²) in [6, 6.07) is 24.7. The fourth-order valence-corrected chi connectivity index (χ4v) is 4.27. The van der Waals surface area contributed by atoms with Crippen LogP contribution in [0.15, 0.2) is 79.0 Å². The van der Waals surface area contributed by atoms with Crippen LogP contribution in [-0.4, -0.2) is 61.0 Å². The summed E-state index contributed by atoms with van der Waals surface area (Å²) in [5.41, 5.74) is 4.54. The van der Waals surface area contributed by atoms with Crippen molar-refractivity contribution < 1.29 is 9.53 Å². The van der Waals surface area contributed by atoms with Gasteiger partial charge in [-0.3, -0.25) is 14.7 Å². The zero-order valence-corrected chi connectivity index (χ0v) is 21.2. The van der Waals surface area contributed by atoms with Crippen LogP contribution in [-0.2, 0) is 22.6 Å². The van der Waals surface area contributed by atoms with Crippen molar-refractivity contribution in [2.45, 2.75) is 33.0 Å². The normalized spacial score (nSPS) is 14.5. The molecule has 0 spiro atoms. The maximum atomic E-state index is 11.7. The molecule has 0 bridgehead atoms. The Morgan fingerprint density at radius 1 is 0.943 bits per heavy atom. The predicted molar refractivity (Wildman–Crippen MR) is 142 cm³/mol. The van der Waals surface area contributed by atoms with Crippen LogP contribution in [0.2, 0.25) is 0 Å². The number of aromatic nitrogens is 1. The van der Waals surface area contributed by atoms with E-state index in [2.05, 4.69) is 45.1 Å². The minimum absolute atomic E-state index is 0.141. The molecule has 1 fully saturated rings. The number of anilines is 1. The quantitative estimate of drug-likeness (QED) is 0.396. The lowest BCUT2D eigenvalue weighted by Gasteiger charge is -2.36. The molecule has 1 unspecified atom stereocenters. The monoisotopic (exact) mass is 474 g/mol. The van der Waals surface area contributed by atoms with E-state index in [1.165, 1.54) is 5.69 Å². The Bertz CT molecular complexity index is 975. The summed E-state index contributed by atoms with van der Waals surface area (Å²) in [5, 5.41) is 0. The van der Waals surface area contributed by atoms with Crippen LogP contribution < -0.4 is 4.90 Å². The van der Waals surface area contributed by atoms with Crippen molar-refractivity contribution in [3.05, 3.63) is 95.8 Å². The molecule has 0 radical (unpaired) electrons. The lowest BCUT2D eigenvalue weighted by atomic mass is 10.1. The highest BCUT2D eigenvalue weighted by atomic mass is 16.5. The largest absolute Gasteiger partial charge is 0.375 e. The third kappa shape index (κ3) is 7.91. The number of benzene rings is 2. The van der Waals surface area contributed by atoms with Crippen molar-refractivity contribution in [3.8, 4) is 0 Å². The summed E-state index contributed by atoms with van der Waals surface area (Å²) in [4.78, 5) is 22.8. The molecule has 1 saturated heterocycles. The summed E-state index contributed by atoms with van der Waals surface area (Å²) in [7, 11) is 1.69. The van der Waals surface area contributed by atoms with Crippen LogP contribution in [0, 0.1) is 0 Å². The minimum atomic E-state index is -0.141. The summed E-state index contributed by atoms with van der Waals surface area (Å²) < 4.78 is 5.64. The molecule has 0 saturated carbocycles.